The molecular weight excluding hydrogens is 602 g/mol. The molecule has 2 atom stereocenters. The number of rotatable bonds is 9. The Hall–Kier alpha value is -3.38. The van der Waals surface area contributed by atoms with E-state index >= 15 is 0 Å². The molecule has 0 bridgehead atoms. The topological polar surface area (TPSA) is 132 Å². The molecule has 4 aliphatic rings. The Balaban J connectivity index is 1.33. The second-order valence-electron chi connectivity index (χ2n) is 13.6. The zero-order valence-electron chi connectivity index (χ0n) is 28.0. The summed E-state index contributed by atoms with van der Waals surface area (Å²) in [5.74, 6) is 1.31. The van der Waals surface area contributed by atoms with E-state index in [1.54, 1.807) is 26.1 Å². The Morgan fingerprint density at radius 3 is 2.51 bits per heavy atom. The smallest absolute Gasteiger partial charge is 0.264 e. The van der Waals surface area contributed by atoms with Crippen molar-refractivity contribution < 1.29 is 22.9 Å². The number of nitrogens with zero attached hydrogens (tertiary/aromatic N) is 4. The first-order valence-corrected chi connectivity index (χ1v) is 17.4. The van der Waals surface area contributed by atoms with Crippen molar-refractivity contribution >= 4 is 35.1 Å². The number of carbonyl (C=O) groups excluding carboxylic acids is 2. The number of allylic oxidation sites excluding steroid dienone is 1. The van der Waals surface area contributed by atoms with Gasteiger partial charge in [-0.15, -0.1) is 0 Å². The summed E-state index contributed by atoms with van der Waals surface area (Å²) in [5.41, 5.74) is 15.2. The van der Waals surface area contributed by atoms with Crippen LogP contribution in [-0.2, 0) is 16.0 Å². The van der Waals surface area contributed by atoms with Crippen LogP contribution in [0.25, 0.3) is 5.57 Å². The summed E-state index contributed by atoms with van der Waals surface area (Å²) in [7, 11) is 1.58. The van der Waals surface area contributed by atoms with Crippen LogP contribution in [0.3, 0.4) is 0 Å². The maximum Gasteiger partial charge on any atom is 0.264 e. The lowest BCUT2D eigenvalue weighted by Gasteiger charge is -2.41. The highest BCUT2D eigenvalue weighted by Crippen LogP contribution is 2.37. The van der Waals surface area contributed by atoms with Crippen LogP contribution < -0.4 is 22.1 Å². The maximum absolute atomic E-state index is 14.4. The lowest BCUT2D eigenvalue weighted by Crippen LogP contribution is -2.59. The number of nitrogens with one attached hydrogen (secondary N) is 2. The number of fused-ring (bicyclic) bond motifs is 1. The van der Waals surface area contributed by atoms with Gasteiger partial charge in [-0.05, 0) is 93.6 Å². The molecule has 12 heteroatoms. The van der Waals surface area contributed by atoms with Crippen LogP contribution in [-0.4, -0.2) is 103 Å². The van der Waals surface area contributed by atoms with Crippen molar-refractivity contribution in [3.63, 3.8) is 0 Å². The average Bonchev–Trinajstić information content (AvgIpc) is 3.09. The monoisotopic (exact) mass is 655 g/mol. The minimum absolute atomic E-state index is 0.0000718. The molecule has 0 aromatic heterocycles. The van der Waals surface area contributed by atoms with Crippen LogP contribution in [0.5, 0.6) is 0 Å². The SMILES string of the molecule is CN=CC(=CN)c1cc2c(cc1C(F)F)[N+](=C(N)C1CN(C(C)=O)CCC1NC1CCN(C(=O)CCC3CCNCC3)CC1)CCC2. The molecule has 4 aliphatic heterocycles. The zero-order valence-corrected chi connectivity index (χ0v) is 28.0. The number of hydrogen-bond acceptors (Lipinski definition) is 6. The lowest BCUT2D eigenvalue weighted by atomic mass is 9.88. The number of benzene rings is 1. The molecule has 5 rings (SSSR count). The minimum atomic E-state index is -2.71. The van der Waals surface area contributed by atoms with Gasteiger partial charge in [-0.25, -0.2) is 13.4 Å². The summed E-state index contributed by atoms with van der Waals surface area (Å²) in [6, 6.07) is 3.61. The van der Waals surface area contributed by atoms with E-state index in [9.17, 15) is 18.4 Å². The summed E-state index contributed by atoms with van der Waals surface area (Å²) >= 11 is 0. The molecule has 1 aromatic rings. The largest absolute Gasteiger partial charge is 0.404 e. The number of piperidine rings is 3. The van der Waals surface area contributed by atoms with Gasteiger partial charge in [0.1, 0.15) is 5.69 Å². The van der Waals surface area contributed by atoms with Crippen LogP contribution >= 0.6 is 0 Å². The number of halogens is 2. The van der Waals surface area contributed by atoms with Crippen LogP contribution in [0.15, 0.2) is 23.3 Å². The Bertz CT molecular complexity index is 1370. The first-order chi connectivity index (χ1) is 22.7. The van der Waals surface area contributed by atoms with Gasteiger partial charge in [0.25, 0.3) is 12.3 Å². The first kappa shape index (κ1) is 34.9. The normalized spacial score (nSPS) is 24.6. The standard InChI is InChI=1S/C35H52F2N8O2/c1-23(46)44-17-11-31(42-27-9-15-43(16-10-27)33(47)6-5-24-7-12-41-13-8-24)30(22-44)35(39)45-14-3-4-25-18-28(26(20-38)21-40-2)29(34(36)37)19-32(25)45/h18-21,24,27,30-31,34,39,41-42H,3-17,22H2,1-2H3,(H2,38,40)/p+1. The summed E-state index contributed by atoms with van der Waals surface area (Å²) in [6.45, 7) is 6.85. The molecule has 47 heavy (non-hydrogen) atoms. The predicted octanol–water partition coefficient (Wildman–Crippen LogP) is 3.17. The highest BCUT2D eigenvalue weighted by Gasteiger charge is 2.40. The molecule has 258 valence electrons. The van der Waals surface area contributed by atoms with Crippen LogP contribution in [0.4, 0.5) is 14.5 Å². The number of aliphatic imine (C=N–C) groups is 1. The van der Waals surface area contributed by atoms with E-state index in [2.05, 4.69) is 15.6 Å². The second kappa shape index (κ2) is 16.1. The molecule has 0 aliphatic carbocycles. The molecule has 6 N–H and O–H groups in total. The number of amidine groups is 1. The fourth-order valence-electron chi connectivity index (χ4n) is 7.88. The minimum Gasteiger partial charge on any atom is -0.404 e. The molecule has 2 amide bonds. The van der Waals surface area contributed by atoms with Crippen molar-refractivity contribution in [3.8, 4) is 0 Å². The molecular formula is C35H53F2N8O2+. The third-order valence-corrected chi connectivity index (χ3v) is 10.6. The number of amides is 2. The predicted molar refractivity (Wildman–Crippen MR) is 182 cm³/mol. The Morgan fingerprint density at radius 2 is 1.85 bits per heavy atom. The number of aryl methyl sites for hydroxylation is 1. The van der Waals surface area contributed by atoms with Crippen molar-refractivity contribution in [3.05, 3.63) is 35.0 Å². The first-order valence-electron chi connectivity index (χ1n) is 17.4. The van der Waals surface area contributed by atoms with E-state index < -0.39 is 6.43 Å². The zero-order chi connectivity index (χ0) is 33.5. The fraction of sp³-hybridized carbons (Fsp3) is 0.657. The third kappa shape index (κ3) is 8.38. The van der Waals surface area contributed by atoms with E-state index in [1.807, 2.05) is 14.4 Å². The van der Waals surface area contributed by atoms with E-state index in [0.29, 0.717) is 54.6 Å². The average molecular weight is 656 g/mol. The summed E-state index contributed by atoms with van der Waals surface area (Å²) in [5, 5.41) is 7.26. The number of alkyl halides is 2. The molecule has 4 heterocycles. The van der Waals surface area contributed by atoms with Gasteiger partial charge in [0.15, 0.2) is 0 Å². The van der Waals surface area contributed by atoms with Crippen molar-refractivity contribution in [2.75, 3.05) is 52.9 Å². The molecule has 3 fully saturated rings. The van der Waals surface area contributed by atoms with Gasteiger partial charge >= 0.3 is 0 Å². The Morgan fingerprint density at radius 1 is 1.13 bits per heavy atom. The van der Waals surface area contributed by atoms with Gasteiger partial charge in [-0.2, -0.15) is 0 Å². The molecule has 10 nitrogen and oxygen atoms in total. The summed E-state index contributed by atoms with van der Waals surface area (Å²) in [6.07, 6.45) is 8.03. The number of hydrogen-bond donors (Lipinski definition) is 4. The van der Waals surface area contributed by atoms with Crippen molar-refractivity contribution in [2.24, 2.45) is 28.3 Å². The van der Waals surface area contributed by atoms with Gasteiger partial charge in [-0.1, -0.05) is 0 Å². The highest BCUT2D eigenvalue weighted by molar-refractivity contribution is 6.10. The van der Waals surface area contributed by atoms with Crippen molar-refractivity contribution in [1.29, 1.82) is 0 Å². The van der Waals surface area contributed by atoms with Crippen LogP contribution in [0.2, 0.25) is 0 Å². The van der Waals surface area contributed by atoms with Crippen molar-refractivity contribution in [1.82, 2.24) is 20.4 Å². The van der Waals surface area contributed by atoms with Crippen LogP contribution in [0.1, 0.15) is 81.4 Å². The molecule has 0 spiro atoms. The van der Waals surface area contributed by atoms with E-state index in [1.165, 1.54) is 12.4 Å². The lowest BCUT2D eigenvalue weighted by molar-refractivity contribution is -0.450. The molecule has 3 saturated heterocycles. The third-order valence-electron chi connectivity index (χ3n) is 10.6. The second-order valence-corrected chi connectivity index (χ2v) is 13.6. The van der Waals surface area contributed by atoms with Crippen molar-refractivity contribution in [2.45, 2.75) is 83.2 Å². The molecule has 1 aromatic carbocycles. The van der Waals surface area contributed by atoms with Gasteiger partial charge in [0.2, 0.25) is 11.8 Å². The van der Waals surface area contributed by atoms with Gasteiger partial charge < -0.3 is 26.2 Å². The number of carbonyl (C=O) groups is 2. The van der Waals surface area contributed by atoms with Gasteiger partial charge in [0.05, 0.1) is 12.5 Å². The van der Waals surface area contributed by atoms with E-state index in [4.69, 9.17) is 11.5 Å². The quantitative estimate of drug-likeness (QED) is 0.184. The summed E-state index contributed by atoms with van der Waals surface area (Å²) < 4.78 is 30.9. The maximum atomic E-state index is 14.4. The summed E-state index contributed by atoms with van der Waals surface area (Å²) in [4.78, 5) is 33.3. The van der Waals surface area contributed by atoms with E-state index in [0.717, 1.165) is 83.1 Å². The van der Waals surface area contributed by atoms with Gasteiger partial charge in [0, 0.05) is 82.2 Å². The van der Waals surface area contributed by atoms with E-state index in [-0.39, 0.29) is 35.4 Å². The van der Waals surface area contributed by atoms with Crippen LogP contribution in [0, 0.1) is 11.8 Å². The van der Waals surface area contributed by atoms with Gasteiger partial charge in [-0.3, -0.25) is 20.3 Å². The molecule has 0 saturated carbocycles. The fourth-order valence-corrected chi connectivity index (χ4v) is 7.88. The Labute approximate surface area is 277 Å². The molecule has 2 unspecified atom stereocenters. The molecule has 0 radical (unpaired) electrons. The number of nitrogens with two attached hydrogens (primary N) is 2. The highest BCUT2D eigenvalue weighted by atomic mass is 19.3. The Kier molecular flexibility index (Phi) is 12.0. The number of likely N-dealkylation sites (tertiary alicyclic amines) is 2.